The van der Waals surface area contributed by atoms with Crippen LogP contribution >= 0.6 is 0 Å². The van der Waals surface area contributed by atoms with Gasteiger partial charge in [-0.2, -0.15) is 5.10 Å². The zero-order valence-electron chi connectivity index (χ0n) is 10.4. The number of aromatic carboxylic acids is 1. The number of hydrogen-bond acceptors (Lipinski definition) is 4. The van der Waals surface area contributed by atoms with Crippen LogP contribution in [0.4, 0.5) is 0 Å². The number of aryl methyl sites for hydroxylation is 2. The highest BCUT2D eigenvalue weighted by molar-refractivity contribution is 5.86. The van der Waals surface area contributed by atoms with Crippen LogP contribution in [0.3, 0.4) is 0 Å². The minimum Gasteiger partial charge on any atom is -0.477 e. The molecule has 0 saturated carbocycles. The number of carboxylic acids is 1. The third kappa shape index (κ3) is 2.46. The van der Waals surface area contributed by atoms with E-state index in [1.165, 1.54) is 0 Å². The van der Waals surface area contributed by atoms with Crippen molar-refractivity contribution >= 4 is 5.97 Å². The van der Waals surface area contributed by atoms with E-state index in [0.29, 0.717) is 0 Å². The highest BCUT2D eigenvalue weighted by atomic mass is 16.4. The van der Waals surface area contributed by atoms with Crippen LogP contribution in [0.5, 0.6) is 0 Å². The van der Waals surface area contributed by atoms with Crippen LogP contribution in [0.25, 0.3) is 0 Å². The molecular weight excluding hydrogens is 252 g/mol. The minimum atomic E-state index is -1.38. The lowest BCUT2D eigenvalue weighted by atomic mass is 10.2. The molecule has 0 saturated heterocycles. The maximum Gasteiger partial charge on any atom is 0.342 e. The third-order valence-electron chi connectivity index (χ3n) is 2.70. The Balaban J connectivity index is 2.49. The quantitative estimate of drug-likeness (QED) is 0.763. The van der Waals surface area contributed by atoms with Crippen LogP contribution < -0.4 is 11.2 Å². The molecule has 2 N–H and O–H groups in total. The lowest BCUT2D eigenvalue weighted by molar-refractivity contribution is 0.0693. The number of rotatable bonds is 3. The second kappa shape index (κ2) is 4.56. The van der Waals surface area contributed by atoms with Gasteiger partial charge in [0.25, 0.3) is 5.56 Å². The molecular formula is C11H12N4O4. The maximum absolute atomic E-state index is 11.6. The van der Waals surface area contributed by atoms with Gasteiger partial charge in [-0.15, -0.1) is 0 Å². The summed E-state index contributed by atoms with van der Waals surface area (Å²) in [5, 5.41) is 13.0. The molecule has 8 heteroatoms. The number of nitrogens with one attached hydrogen (secondary N) is 1. The topological polar surface area (TPSA) is 110 Å². The first-order valence-electron chi connectivity index (χ1n) is 5.44. The smallest absolute Gasteiger partial charge is 0.342 e. The first-order chi connectivity index (χ1) is 8.88. The number of H-pyrrole nitrogens is 1. The molecule has 0 radical (unpaired) electrons. The van der Waals surface area contributed by atoms with Crippen molar-refractivity contribution in [1.82, 2.24) is 19.3 Å². The van der Waals surface area contributed by atoms with Crippen molar-refractivity contribution in [3.05, 3.63) is 50.1 Å². The van der Waals surface area contributed by atoms with Crippen LogP contribution in [0.2, 0.25) is 0 Å². The molecule has 8 nitrogen and oxygen atoms in total. The Bertz CT molecular complexity index is 753. The van der Waals surface area contributed by atoms with E-state index in [9.17, 15) is 14.4 Å². The molecule has 0 spiro atoms. The predicted octanol–water partition coefficient (Wildman–Crippen LogP) is -0.675. The summed E-state index contributed by atoms with van der Waals surface area (Å²) in [6.07, 6.45) is 2.77. The first kappa shape index (κ1) is 12.8. The van der Waals surface area contributed by atoms with Gasteiger partial charge in [0.1, 0.15) is 5.56 Å². The molecule has 0 unspecified atom stereocenters. The van der Waals surface area contributed by atoms with E-state index >= 15 is 0 Å². The largest absolute Gasteiger partial charge is 0.477 e. The SMILES string of the molecule is Cc1nn(C)cc1Cn1cc(C(=O)O)c(=O)[nH]c1=O. The van der Waals surface area contributed by atoms with Gasteiger partial charge >= 0.3 is 11.7 Å². The van der Waals surface area contributed by atoms with Crippen molar-refractivity contribution in [2.24, 2.45) is 7.05 Å². The van der Waals surface area contributed by atoms with Crippen LogP contribution in [-0.2, 0) is 13.6 Å². The number of hydrogen-bond donors (Lipinski definition) is 2. The van der Waals surface area contributed by atoms with Crippen molar-refractivity contribution in [3.8, 4) is 0 Å². The van der Waals surface area contributed by atoms with Crippen LogP contribution in [0.15, 0.2) is 22.0 Å². The van der Waals surface area contributed by atoms with Crippen molar-refractivity contribution in [1.29, 1.82) is 0 Å². The van der Waals surface area contributed by atoms with Gasteiger partial charge in [-0.05, 0) is 6.92 Å². The molecule has 0 atom stereocenters. The van der Waals surface area contributed by atoms with Crippen molar-refractivity contribution < 1.29 is 9.90 Å². The van der Waals surface area contributed by atoms with Gasteiger partial charge in [0.2, 0.25) is 0 Å². The standard InChI is InChI=1S/C11H12N4O4/c1-6-7(3-14(2)13-6)4-15-5-8(10(17)18)9(16)12-11(15)19/h3,5H,4H2,1-2H3,(H,17,18)(H,12,16,19). The molecule has 19 heavy (non-hydrogen) atoms. The summed E-state index contributed by atoms with van der Waals surface area (Å²) in [6, 6.07) is 0. The van der Waals surface area contributed by atoms with E-state index in [0.717, 1.165) is 22.0 Å². The minimum absolute atomic E-state index is 0.148. The van der Waals surface area contributed by atoms with Gasteiger partial charge < -0.3 is 5.11 Å². The number of nitrogens with zero attached hydrogens (tertiary/aromatic N) is 3. The fourth-order valence-corrected chi connectivity index (χ4v) is 1.77. The number of aromatic nitrogens is 4. The Hall–Kier alpha value is -2.64. The van der Waals surface area contributed by atoms with E-state index in [2.05, 4.69) is 5.10 Å². The first-order valence-corrected chi connectivity index (χ1v) is 5.44. The summed E-state index contributed by atoms with van der Waals surface area (Å²) in [4.78, 5) is 35.8. The summed E-state index contributed by atoms with van der Waals surface area (Å²) in [7, 11) is 1.74. The molecule has 0 fully saturated rings. The van der Waals surface area contributed by atoms with Gasteiger partial charge in [-0.25, -0.2) is 9.59 Å². The van der Waals surface area contributed by atoms with E-state index in [-0.39, 0.29) is 6.54 Å². The molecule has 2 heterocycles. The van der Waals surface area contributed by atoms with E-state index in [1.54, 1.807) is 24.9 Å². The second-order valence-corrected chi connectivity index (χ2v) is 4.15. The van der Waals surface area contributed by atoms with Crippen molar-refractivity contribution in [2.45, 2.75) is 13.5 Å². The fourth-order valence-electron chi connectivity index (χ4n) is 1.77. The van der Waals surface area contributed by atoms with E-state index < -0.39 is 22.8 Å². The van der Waals surface area contributed by atoms with Crippen molar-refractivity contribution in [2.75, 3.05) is 0 Å². The molecule has 2 aromatic rings. The lowest BCUT2D eigenvalue weighted by Gasteiger charge is -2.04. The number of carbonyl (C=O) groups is 1. The summed E-state index contributed by atoms with van der Waals surface area (Å²) in [6.45, 7) is 1.93. The lowest BCUT2D eigenvalue weighted by Crippen LogP contribution is -2.33. The van der Waals surface area contributed by atoms with Gasteiger partial charge in [-0.3, -0.25) is 19.0 Å². The van der Waals surface area contributed by atoms with Crippen LogP contribution in [0.1, 0.15) is 21.6 Å². The third-order valence-corrected chi connectivity index (χ3v) is 2.70. The summed E-state index contributed by atoms with van der Waals surface area (Å²) >= 11 is 0. The molecule has 100 valence electrons. The highest BCUT2D eigenvalue weighted by Gasteiger charge is 2.12. The molecule has 0 aliphatic heterocycles. The normalized spacial score (nSPS) is 10.6. The van der Waals surface area contributed by atoms with Gasteiger partial charge in [-0.1, -0.05) is 0 Å². The molecule has 0 amide bonds. The molecule has 2 rings (SSSR count). The Morgan fingerprint density at radius 1 is 1.42 bits per heavy atom. The molecule has 0 aliphatic rings. The Labute approximate surface area is 106 Å². The van der Waals surface area contributed by atoms with Crippen molar-refractivity contribution in [3.63, 3.8) is 0 Å². The molecule has 0 aromatic carbocycles. The van der Waals surface area contributed by atoms with Gasteiger partial charge in [0.15, 0.2) is 0 Å². The Kier molecular flexibility index (Phi) is 3.07. The fraction of sp³-hybridized carbons (Fsp3) is 0.273. The van der Waals surface area contributed by atoms with Crippen LogP contribution in [0, 0.1) is 6.92 Å². The number of aromatic amines is 1. The Morgan fingerprint density at radius 3 is 2.63 bits per heavy atom. The average molecular weight is 264 g/mol. The predicted molar refractivity (Wildman–Crippen MR) is 65.3 cm³/mol. The molecule has 0 aliphatic carbocycles. The van der Waals surface area contributed by atoms with Gasteiger partial charge in [0, 0.05) is 25.0 Å². The molecule has 2 aromatic heterocycles. The highest BCUT2D eigenvalue weighted by Crippen LogP contribution is 2.05. The van der Waals surface area contributed by atoms with E-state index in [4.69, 9.17) is 5.11 Å². The average Bonchev–Trinajstić information content (AvgIpc) is 2.60. The zero-order chi connectivity index (χ0) is 14.2. The summed E-state index contributed by atoms with van der Waals surface area (Å²) in [5.41, 5.74) is -0.526. The van der Waals surface area contributed by atoms with E-state index in [1.807, 2.05) is 4.98 Å². The summed E-state index contributed by atoms with van der Waals surface area (Å²) in [5.74, 6) is -1.38. The maximum atomic E-state index is 11.6. The zero-order valence-corrected chi connectivity index (χ0v) is 10.4. The van der Waals surface area contributed by atoms with Gasteiger partial charge in [0.05, 0.1) is 12.2 Å². The van der Waals surface area contributed by atoms with Crippen LogP contribution in [-0.4, -0.2) is 30.4 Å². The summed E-state index contributed by atoms with van der Waals surface area (Å²) < 4.78 is 2.73. The second-order valence-electron chi connectivity index (χ2n) is 4.15. The Morgan fingerprint density at radius 2 is 2.11 bits per heavy atom. The number of carboxylic acid groups (broad SMARTS) is 1. The molecule has 0 bridgehead atoms. The monoisotopic (exact) mass is 264 g/mol.